The molecule has 0 radical (unpaired) electrons. The predicted molar refractivity (Wildman–Crippen MR) is 51.1 cm³/mol. The Kier molecular flexibility index (Phi) is 2.13. The van der Waals surface area contributed by atoms with Crippen LogP contribution in [0.1, 0.15) is 5.56 Å². The average Bonchev–Trinajstić information content (AvgIpc) is 2.04. The highest BCUT2D eigenvalue weighted by molar-refractivity contribution is 5.15. The molecule has 1 aliphatic heterocycles. The van der Waals surface area contributed by atoms with Crippen molar-refractivity contribution in [1.82, 2.24) is 4.90 Å². The summed E-state index contributed by atoms with van der Waals surface area (Å²) in [5.41, 5.74) is 1.48. The summed E-state index contributed by atoms with van der Waals surface area (Å²) in [6.07, 6.45) is 1.26. The fourth-order valence-electron chi connectivity index (χ4n) is 1.90. The van der Waals surface area contributed by atoms with Crippen LogP contribution in [0, 0.1) is 5.92 Å². The molecule has 1 nitrogen and oxygen atoms in total. The summed E-state index contributed by atoms with van der Waals surface area (Å²) in [6, 6.07) is 10.8. The van der Waals surface area contributed by atoms with Crippen LogP contribution in [0.15, 0.2) is 30.3 Å². The molecular weight excluding hydrogens is 146 g/mol. The van der Waals surface area contributed by atoms with Gasteiger partial charge >= 0.3 is 0 Å². The van der Waals surface area contributed by atoms with Crippen LogP contribution in [0.3, 0.4) is 0 Å². The Labute approximate surface area is 74.0 Å². The van der Waals surface area contributed by atoms with Gasteiger partial charge in [-0.25, -0.2) is 0 Å². The monoisotopic (exact) mass is 161 g/mol. The Morgan fingerprint density at radius 1 is 1.25 bits per heavy atom. The molecule has 0 saturated carbocycles. The third-order valence-corrected chi connectivity index (χ3v) is 2.51. The second-order valence-electron chi connectivity index (χ2n) is 3.78. The number of nitrogens with zero attached hydrogens (tertiary/aromatic N) is 1. The predicted octanol–water partition coefficient (Wildman–Crippen LogP) is 1.79. The van der Waals surface area contributed by atoms with Gasteiger partial charge in [0.1, 0.15) is 0 Å². The van der Waals surface area contributed by atoms with Gasteiger partial charge < -0.3 is 4.90 Å². The summed E-state index contributed by atoms with van der Waals surface area (Å²) in [5, 5.41) is 0. The summed E-state index contributed by atoms with van der Waals surface area (Å²) < 4.78 is 0. The molecule has 1 aliphatic rings. The van der Waals surface area contributed by atoms with Gasteiger partial charge in [0.2, 0.25) is 0 Å². The lowest BCUT2D eigenvalue weighted by molar-refractivity contribution is 0.134. The first-order chi connectivity index (χ1) is 5.84. The van der Waals surface area contributed by atoms with Gasteiger partial charge in [0.05, 0.1) is 0 Å². The van der Waals surface area contributed by atoms with Gasteiger partial charge in [-0.1, -0.05) is 30.3 Å². The lowest BCUT2D eigenvalue weighted by Gasteiger charge is -2.36. The summed E-state index contributed by atoms with van der Waals surface area (Å²) >= 11 is 0. The van der Waals surface area contributed by atoms with Crippen molar-refractivity contribution in [3.05, 3.63) is 35.9 Å². The number of benzene rings is 1. The van der Waals surface area contributed by atoms with Crippen LogP contribution in [-0.4, -0.2) is 25.0 Å². The molecule has 1 heterocycles. The van der Waals surface area contributed by atoms with E-state index in [4.69, 9.17) is 0 Å². The van der Waals surface area contributed by atoms with Gasteiger partial charge in [-0.15, -0.1) is 0 Å². The standard InChI is InChI=1S/C11H15N/c1-12-8-11(9-12)7-10-5-3-2-4-6-10/h2-6,11H,7-9H2,1H3. The zero-order valence-electron chi connectivity index (χ0n) is 7.53. The molecule has 1 aromatic carbocycles. The summed E-state index contributed by atoms with van der Waals surface area (Å²) in [4.78, 5) is 2.37. The first kappa shape index (κ1) is 7.81. The van der Waals surface area contributed by atoms with Crippen molar-refractivity contribution in [2.24, 2.45) is 5.92 Å². The van der Waals surface area contributed by atoms with E-state index in [-0.39, 0.29) is 0 Å². The van der Waals surface area contributed by atoms with Gasteiger partial charge in [-0.3, -0.25) is 0 Å². The van der Waals surface area contributed by atoms with Crippen LogP contribution in [0.25, 0.3) is 0 Å². The Morgan fingerprint density at radius 3 is 2.50 bits per heavy atom. The molecule has 0 amide bonds. The van der Waals surface area contributed by atoms with Gasteiger partial charge in [0.25, 0.3) is 0 Å². The first-order valence-corrected chi connectivity index (χ1v) is 4.57. The third kappa shape index (κ3) is 1.67. The lowest BCUT2D eigenvalue weighted by Crippen LogP contribution is -2.44. The van der Waals surface area contributed by atoms with Crippen LogP contribution in [-0.2, 0) is 6.42 Å². The molecule has 1 fully saturated rings. The van der Waals surface area contributed by atoms with Gasteiger partial charge in [-0.2, -0.15) is 0 Å². The summed E-state index contributed by atoms with van der Waals surface area (Å²) in [6.45, 7) is 2.55. The van der Waals surface area contributed by atoms with Crippen molar-refractivity contribution >= 4 is 0 Å². The second-order valence-corrected chi connectivity index (χ2v) is 3.78. The van der Waals surface area contributed by atoms with E-state index in [0.717, 1.165) is 5.92 Å². The van der Waals surface area contributed by atoms with E-state index in [2.05, 4.69) is 42.3 Å². The molecule has 0 aliphatic carbocycles. The van der Waals surface area contributed by atoms with E-state index in [1.54, 1.807) is 0 Å². The van der Waals surface area contributed by atoms with E-state index < -0.39 is 0 Å². The smallest absolute Gasteiger partial charge is 0.00222 e. The van der Waals surface area contributed by atoms with Crippen LogP contribution in [0.2, 0.25) is 0 Å². The van der Waals surface area contributed by atoms with Crippen molar-refractivity contribution in [2.75, 3.05) is 20.1 Å². The van der Waals surface area contributed by atoms with E-state index in [9.17, 15) is 0 Å². The molecule has 64 valence electrons. The molecule has 0 N–H and O–H groups in total. The number of likely N-dealkylation sites (tertiary alicyclic amines) is 1. The number of rotatable bonds is 2. The van der Waals surface area contributed by atoms with Crippen molar-refractivity contribution in [3.63, 3.8) is 0 Å². The minimum atomic E-state index is 0.900. The van der Waals surface area contributed by atoms with E-state index in [1.807, 2.05) is 0 Å². The Hall–Kier alpha value is -0.820. The summed E-state index contributed by atoms with van der Waals surface area (Å²) in [5.74, 6) is 0.900. The van der Waals surface area contributed by atoms with Crippen LogP contribution in [0.4, 0.5) is 0 Å². The molecule has 2 rings (SSSR count). The Balaban J connectivity index is 1.88. The SMILES string of the molecule is CN1CC(Cc2ccccc2)C1. The average molecular weight is 161 g/mol. The molecule has 1 saturated heterocycles. The maximum atomic E-state index is 2.37. The number of hydrogen-bond donors (Lipinski definition) is 0. The van der Waals surface area contributed by atoms with Crippen molar-refractivity contribution in [1.29, 1.82) is 0 Å². The third-order valence-electron chi connectivity index (χ3n) is 2.51. The Morgan fingerprint density at radius 2 is 1.92 bits per heavy atom. The quantitative estimate of drug-likeness (QED) is 0.639. The highest BCUT2D eigenvalue weighted by atomic mass is 15.2. The largest absolute Gasteiger partial charge is 0.306 e. The molecule has 0 atom stereocenters. The first-order valence-electron chi connectivity index (χ1n) is 4.57. The van der Waals surface area contributed by atoms with E-state index in [0.29, 0.717) is 0 Å². The molecule has 0 aromatic heterocycles. The van der Waals surface area contributed by atoms with Gasteiger partial charge in [0.15, 0.2) is 0 Å². The highest BCUT2D eigenvalue weighted by Crippen LogP contribution is 2.17. The fourth-order valence-corrected chi connectivity index (χ4v) is 1.90. The van der Waals surface area contributed by atoms with Crippen LogP contribution >= 0.6 is 0 Å². The van der Waals surface area contributed by atoms with Crippen molar-refractivity contribution < 1.29 is 0 Å². The van der Waals surface area contributed by atoms with Gasteiger partial charge in [-0.05, 0) is 24.9 Å². The molecular formula is C11H15N. The van der Waals surface area contributed by atoms with E-state index in [1.165, 1.54) is 25.1 Å². The highest BCUT2D eigenvalue weighted by Gasteiger charge is 2.22. The Bertz CT molecular complexity index is 236. The maximum absolute atomic E-state index is 2.37. The molecule has 0 unspecified atom stereocenters. The minimum absolute atomic E-state index is 0.900. The lowest BCUT2D eigenvalue weighted by atomic mass is 9.93. The van der Waals surface area contributed by atoms with E-state index >= 15 is 0 Å². The fraction of sp³-hybridized carbons (Fsp3) is 0.455. The topological polar surface area (TPSA) is 3.24 Å². The van der Waals surface area contributed by atoms with Crippen LogP contribution < -0.4 is 0 Å². The molecule has 0 spiro atoms. The molecule has 1 aromatic rings. The molecule has 12 heavy (non-hydrogen) atoms. The molecule has 1 heteroatoms. The zero-order chi connectivity index (χ0) is 8.39. The zero-order valence-corrected chi connectivity index (χ0v) is 7.53. The second kappa shape index (κ2) is 3.28. The number of hydrogen-bond acceptors (Lipinski definition) is 1. The van der Waals surface area contributed by atoms with Crippen LogP contribution in [0.5, 0.6) is 0 Å². The van der Waals surface area contributed by atoms with Crippen molar-refractivity contribution in [2.45, 2.75) is 6.42 Å². The van der Waals surface area contributed by atoms with Crippen molar-refractivity contribution in [3.8, 4) is 0 Å². The normalized spacial score (nSPS) is 19.1. The molecule has 0 bridgehead atoms. The minimum Gasteiger partial charge on any atom is -0.306 e. The summed E-state index contributed by atoms with van der Waals surface area (Å²) in [7, 11) is 2.18. The maximum Gasteiger partial charge on any atom is 0.00222 e. The van der Waals surface area contributed by atoms with Gasteiger partial charge in [0, 0.05) is 13.1 Å².